The molecule has 130 valence electrons. The third-order valence-corrected chi connectivity index (χ3v) is 4.62. The van der Waals surface area contributed by atoms with Crippen molar-refractivity contribution in [1.82, 2.24) is 15.5 Å². The number of piperidine rings is 1. The van der Waals surface area contributed by atoms with E-state index in [0.29, 0.717) is 6.04 Å². The highest BCUT2D eigenvalue weighted by molar-refractivity contribution is 7.98. The maximum Gasteiger partial charge on any atom is 0.191 e. The lowest BCUT2D eigenvalue weighted by Crippen LogP contribution is -2.49. The Labute approximate surface area is 141 Å². The predicted molar refractivity (Wildman–Crippen MR) is 101 cm³/mol. The molecule has 1 aliphatic heterocycles. The van der Waals surface area contributed by atoms with Gasteiger partial charge in [0.05, 0.1) is 0 Å². The number of rotatable bonds is 9. The Kier molecular flexibility index (Phi) is 10.8. The van der Waals surface area contributed by atoms with E-state index in [4.69, 9.17) is 4.99 Å². The highest BCUT2D eigenvalue weighted by atomic mass is 32.2. The van der Waals surface area contributed by atoms with Crippen LogP contribution in [0.1, 0.15) is 46.5 Å². The fourth-order valence-corrected chi connectivity index (χ4v) is 3.33. The van der Waals surface area contributed by atoms with Gasteiger partial charge in [-0.05, 0) is 50.5 Å². The lowest BCUT2D eigenvalue weighted by molar-refractivity contribution is 0.187. The summed E-state index contributed by atoms with van der Waals surface area (Å²) in [7, 11) is 0. The summed E-state index contributed by atoms with van der Waals surface area (Å²) in [5.41, 5.74) is 0. The zero-order chi connectivity index (χ0) is 16.2. The molecule has 4 nitrogen and oxygen atoms in total. The van der Waals surface area contributed by atoms with E-state index in [-0.39, 0.29) is 0 Å². The zero-order valence-corrected chi connectivity index (χ0v) is 15.8. The third-order valence-electron chi connectivity index (χ3n) is 3.92. The largest absolute Gasteiger partial charge is 0.357 e. The van der Waals surface area contributed by atoms with Gasteiger partial charge in [0.1, 0.15) is 0 Å². The van der Waals surface area contributed by atoms with Gasteiger partial charge in [-0.25, -0.2) is 0 Å². The van der Waals surface area contributed by atoms with Gasteiger partial charge < -0.3 is 15.5 Å². The SMILES string of the molecule is CCNC(=NCCCCSC)NC1CCN(CC(C)C)CC1. The summed E-state index contributed by atoms with van der Waals surface area (Å²) in [5, 5.41) is 7.01. The summed E-state index contributed by atoms with van der Waals surface area (Å²) in [6.45, 7) is 12.3. The molecule has 2 N–H and O–H groups in total. The minimum atomic E-state index is 0.576. The Morgan fingerprint density at radius 1 is 1.27 bits per heavy atom. The molecule has 1 rings (SSSR count). The molecular formula is C17H36N4S. The standard InChI is InChI=1S/C17H36N4S/c1-5-18-17(19-10-6-7-13-22-4)20-16-8-11-21(12-9-16)14-15(2)3/h15-16H,5-14H2,1-4H3,(H2,18,19,20). The molecule has 0 unspecified atom stereocenters. The molecule has 0 bridgehead atoms. The Morgan fingerprint density at radius 2 is 2.00 bits per heavy atom. The molecule has 0 aromatic heterocycles. The third kappa shape index (κ3) is 8.89. The van der Waals surface area contributed by atoms with Crippen LogP contribution >= 0.6 is 11.8 Å². The van der Waals surface area contributed by atoms with E-state index < -0.39 is 0 Å². The van der Waals surface area contributed by atoms with Gasteiger partial charge in [-0.15, -0.1) is 0 Å². The van der Waals surface area contributed by atoms with E-state index in [1.165, 1.54) is 51.1 Å². The number of hydrogen-bond donors (Lipinski definition) is 2. The Morgan fingerprint density at radius 3 is 2.59 bits per heavy atom. The van der Waals surface area contributed by atoms with Crippen molar-refractivity contribution in [3.8, 4) is 0 Å². The van der Waals surface area contributed by atoms with Gasteiger partial charge in [0, 0.05) is 38.8 Å². The van der Waals surface area contributed by atoms with Crippen LogP contribution < -0.4 is 10.6 Å². The van der Waals surface area contributed by atoms with Crippen molar-refractivity contribution in [2.24, 2.45) is 10.9 Å². The molecule has 0 spiro atoms. The molecule has 1 saturated heterocycles. The normalized spacial score (nSPS) is 18.0. The van der Waals surface area contributed by atoms with Gasteiger partial charge in [0.15, 0.2) is 5.96 Å². The molecule has 22 heavy (non-hydrogen) atoms. The van der Waals surface area contributed by atoms with Crippen LogP contribution in [0.2, 0.25) is 0 Å². The molecule has 0 aliphatic carbocycles. The van der Waals surface area contributed by atoms with Crippen molar-refractivity contribution in [1.29, 1.82) is 0 Å². The van der Waals surface area contributed by atoms with Crippen molar-refractivity contribution in [3.63, 3.8) is 0 Å². The number of thioether (sulfide) groups is 1. The number of nitrogens with zero attached hydrogens (tertiary/aromatic N) is 2. The molecule has 5 heteroatoms. The lowest BCUT2D eigenvalue weighted by Gasteiger charge is -2.34. The summed E-state index contributed by atoms with van der Waals surface area (Å²) >= 11 is 1.92. The topological polar surface area (TPSA) is 39.7 Å². The predicted octanol–water partition coefficient (Wildman–Crippen LogP) is 2.81. The first-order valence-electron chi connectivity index (χ1n) is 8.91. The zero-order valence-electron chi connectivity index (χ0n) is 15.0. The summed E-state index contributed by atoms with van der Waals surface area (Å²) < 4.78 is 0. The van der Waals surface area contributed by atoms with Crippen LogP contribution in [0.3, 0.4) is 0 Å². The first-order valence-corrected chi connectivity index (χ1v) is 10.3. The van der Waals surface area contributed by atoms with Crippen LogP contribution in [0.25, 0.3) is 0 Å². The number of likely N-dealkylation sites (tertiary alicyclic amines) is 1. The first-order chi connectivity index (χ1) is 10.7. The molecule has 0 aromatic rings. The van der Waals surface area contributed by atoms with Crippen molar-refractivity contribution in [2.75, 3.05) is 44.7 Å². The maximum atomic E-state index is 4.72. The van der Waals surface area contributed by atoms with E-state index in [2.05, 4.69) is 42.6 Å². The van der Waals surface area contributed by atoms with Crippen LogP contribution in [-0.2, 0) is 0 Å². The minimum absolute atomic E-state index is 0.576. The fourth-order valence-electron chi connectivity index (χ4n) is 2.84. The van der Waals surface area contributed by atoms with E-state index >= 15 is 0 Å². The molecular weight excluding hydrogens is 292 g/mol. The van der Waals surface area contributed by atoms with Gasteiger partial charge in [0.2, 0.25) is 0 Å². The average Bonchev–Trinajstić information content (AvgIpc) is 2.48. The van der Waals surface area contributed by atoms with E-state index in [1.807, 2.05) is 11.8 Å². The van der Waals surface area contributed by atoms with Gasteiger partial charge in [-0.3, -0.25) is 4.99 Å². The molecule has 0 radical (unpaired) electrons. The first kappa shape index (κ1) is 19.6. The summed E-state index contributed by atoms with van der Waals surface area (Å²) in [6, 6.07) is 0.576. The second-order valence-corrected chi connectivity index (χ2v) is 7.56. The number of hydrogen-bond acceptors (Lipinski definition) is 3. The Hall–Kier alpha value is -0.420. The summed E-state index contributed by atoms with van der Waals surface area (Å²) in [5.74, 6) is 3.02. The quantitative estimate of drug-likeness (QED) is 0.388. The maximum absolute atomic E-state index is 4.72. The van der Waals surface area contributed by atoms with Crippen LogP contribution in [-0.4, -0.2) is 61.6 Å². The van der Waals surface area contributed by atoms with Gasteiger partial charge in [-0.1, -0.05) is 13.8 Å². The number of nitrogens with one attached hydrogen (secondary N) is 2. The van der Waals surface area contributed by atoms with Crippen LogP contribution in [0.15, 0.2) is 4.99 Å². The van der Waals surface area contributed by atoms with Crippen molar-refractivity contribution in [3.05, 3.63) is 0 Å². The van der Waals surface area contributed by atoms with E-state index in [9.17, 15) is 0 Å². The number of guanidine groups is 1. The van der Waals surface area contributed by atoms with E-state index in [1.54, 1.807) is 0 Å². The van der Waals surface area contributed by atoms with Crippen LogP contribution in [0.4, 0.5) is 0 Å². The van der Waals surface area contributed by atoms with Crippen molar-refractivity contribution >= 4 is 17.7 Å². The molecule has 0 atom stereocenters. The van der Waals surface area contributed by atoms with Crippen molar-refractivity contribution < 1.29 is 0 Å². The Balaban J connectivity index is 2.29. The Bertz CT molecular complexity index is 299. The number of aliphatic imine (C=N–C) groups is 1. The smallest absolute Gasteiger partial charge is 0.191 e. The lowest BCUT2D eigenvalue weighted by atomic mass is 10.0. The van der Waals surface area contributed by atoms with Crippen LogP contribution in [0, 0.1) is 5.92 Å². The minimum Gasteiger partial charge on any atom is -0.357 e. The molecule has 1 heterocycles. The van der Waals surface area contributed by atoms with Gasteiger partial charge >= 0.3 is 0 Å². The van der Waals surface area contributed by atoms with Gasteiger partial charge in [-0.2, -0.15) is 11.8 Å². The molecule has 0 saturated carbocycles. The number of unbranched alkanes of at least 4 members (excludes halogenated alkanes) is 1. The van der Waals surface area contributed by atoms with Crippen molar-refractivity contribution in [2.45, 2.75) is 52.5 Å². The van der Waals surface area contributed by atoms with E-state index in [0.717, 1.165) is 25.0 Å². The highest BCUT2D eigenvalue weighted by Crippen LogP contribution is 2.12. The second kappa shape index (κ2) is 12.1. The van der Waals surface area contributed by atoms with Gasteiger partial charge in [0.25, 0.3) is 0 Å². The fraction of sp³-hybridized carbons (Fsp3) is 0.941. The molecule has 1 fully saturated rings. The monoisotopic (exact) mass is 328 g/mol. The summed E-state index contributed by atoms with van der Waals surface area (Å²) in [4.78, 5) is 7.31. The highest BCUT2D eigenvalue weighted by Gasteiger charge is 2.20. The second-order valence-electron chi connectivity index (χ2n) is 6.57. The summed E-state index contributed by atoms with van der Waals surface area (Å²) in [6.07, 6.45) is 7.07. The van der Waals surface area contributed by atoms with Crippen LogP contribution in [0.5, 0.6) is 0 Å². The molecule has 0 aromatic carbocycles. The molecule has 0 amide bonds. The molecule has 1 aliphatic rings. The average molecular weight is 329 g/mol.